The van der Waals surface area contributed by atoms with Crippen LogP contribution in [0.1, 0.15) is 12.5 Å². The molecule has 0 bridgehead atoms. The molecule has 0 radical (unpaired) electrons. The Bertz CT molecular complexity index is 687. The fourth-order valence-electron chi connectivity index (χ4n) is 2.16. The highest BCUT2D eigenvalue weighted by atomic mass is 16.5. The number of carbonyl (C=O) groups is 2. The van der Waals surface area contributed by atoms with Gasteiger partial charge in [-0.15, -0.1) is 6.42 Å². The average molecular weight is 301 g/mol. The van der Waals surface area contributed by atoms with Crippen molar-refractivity contribution in [2.75, 3.05) is 18.6 Å². The van der Waals surface area contributed by atoms with Crippen LogP contribution in [0.15, 0.2) is 18.2 Å². The fourth-order valence-corrected chi connectivity index (χ4v) is 2.16. The van der Waals surface area contributed by atoms with Crippen LogP contribution in [-0.4, -0.2) is 36.7 Å². The number of benzene rings is 1. The molecule has 0 saturated heterocycles. The Morgan fingerprint density at radius 3 is 2.91 bits per heavy atom. The lowest BCUT2D eigenvalue weighted by Gasteiger charge is -2.32. The molecule has 1 N–H and O–H groups in total. The van der Waals surface area contributed by atoms with E-state index in [0.717, 1.165) is 6.08 Å². The Labute approximate surface area is 127 Å². The van der Waals surface area contributed by atoms with Crippen molar-refractivity contribution in [1.82, 2.24) is 0 Å². The van der Waals surface area contributed by atoms with E-state index >= 15 is 0 Å². The first-order chi connectivity index (χ1) is 10.5. The quantitative estimate of drug-likeness (QED) is 0.674. The second-order valence-electron chi connectivity index (χ2n) is 4.63. The first kappa shape index (κ1) is 15.4. The Morgan fingerprint density at radius 2 is 2.32 bits per heavy atom. The molecule has 2 rings (SSSR count). The molecular weight excluding hydrogens is 286 g/mol. The Balaban J connectivity index is 2.58. The van der Waals surface area contributed by atoms with Gasteiger partial charge in [-0.3, -0.25) is 9.69 Å². The van der Waals surface area contributed by atoms with E-state index in [-0.39, 0.29) is 12.5 Å². The van der Waals surface area contributed by atoms with Gasteiger partial charge >= 0.3 is 5.97 Å². The van der Waals surface area contributed by atoms with Gasteiger partial charge in [-0.1, -0.05) is 5.92 Å². The summed E-state index contributed by atoms with van der Waals surface area (Å²) in [6, 6.07) is 3.27. The van der Waals surface area contributed by atoms with Gasteiger partial charge < -0.3 is 14.6 Å². The van der Waals surface area contributed by atoms with E-state index in [1.165, 1.54) is 18.1 Å². The highest BCUT2D eigenvalue weighted by molar-refractivity contribution is 6.01. The summed E-state index contributed by atoms with van der Waals surface area (Å²) in [5.41, 5.74) is 1.02. The van der Waals surface area contributed by atoms with Crippen molar-refractivity contribution in [3.8, 4) is 23.8 Å². The van der Waals surface area contributed by atoms with Crippen LogP contribution in [0.25, 0.3) is 6.08 Å². The normalized spacial score (nSPS) is 16.9. The molecule has 114 valence electrons. The lowest BCUT2D eigenvalue weighted by molar-refractivity contribution is -0.131. The zero-order chi connectivity index (χ0) is 16.3. The number of hydrogen-bond acceptors (Lipinski definition) is 4. The van der Waals surface area contributed by atoms with E-state index in [1.807, 2.05) is 0 Å². The number of rotatable bonds is 4. The lowest BCUT2D eigenvalue weighted by Crippen LogP contribution is -2.44. The molecule has 1 aliphatic heterocycles. The van der Waals surface area contributed by atoms with Crippen molar-refractivity contribution >= 4 is 23.6 Å². The summed E-state index contributed by atoms with van der Waals surface area (Å²) in [7, 11) is 1.47. The molecular formula is C16H15NO5. The van der Waals surface area contributed by atoms with Crippen LogP contribution in [0.5, 0.6) is 11.5 Å². The summed E-state index contributed by atoms with van der Waals surface area (Å²) in [6.07, 6.45) is 7.06. The van der Waals surface area contributed by atoms with Crippen LogP contribution < -0.4 is 14.4 Å². The number of carbonyl (C=O) groups excluding carboxylic acids is 1. The topological polar surface area (TPSA) is 76.1 Å². The van der Waals surface area contributed by atoms with Gasteiger partial charge in [0, 0.05) is 6.08 Å². The van der Waals surface area contributed by atoms with Crippen LogP contribution in [0.4, 0.5) is 5.69 Å². The Kier molecular flexibility index (Phi) is 4.37. The molecule has 1 aliphatic rings. The molecule has 6 heteroatoms. The van der Waals surface area contributed by atoms with Crippen LogP contribution in [0.3, 0.4) is 0 Å². The maximum atomic E-state index is 12.2. The third kappa shape index (κ3) is 2.88. The largest absolute Gasteiger partial charge is 0.493 e. The first-order valence-corrected chi connectivity index (χ1v) is 6.52. The third-order valence-electron chi connectivity index (χ3n) is 3.14. The molecule has 1 unspecified atom stereocenters. The van der Waals surface area contributed by atoms with Crippen LogP contribution in [-0.2, 0) is 9.59 Å². The van der Waals surface area contributed by atoms with Gasteiger partial charge in [-0.05, 0) is 30.7 Å². The number of methoxy groups -OCH3 is 1. The highest BCUT2D eigenvalue weighted by Gasteiger charge is 2.33. The Hall–Kier alpha value is -2.94. The van der Waals surface area contributed by atoms with Crippen molar-refractivity contribution in [3.63, 3.8) is 0 Å². The number of ether oxygens (including phenoxy) is 2. The molecule has 0 saturated carbocycles. The van der Waals surface area contributed by atoms with Crippen molar-refractivity contribution in [1.29, 1.82) is 0 Å². The van der Waals surface area contributed by atoms with E-state index in [2.05, 4.69) is 5.92 Å². The van der Waals surface area contributed by atoms with E-state index in [1.54, 1.807) is 19.1 Å². The molecule has 6 nitrogen and oxygen atoms in total. The van der Waals surface area contributed by atoms with E-state index in [0.29, 0.717) is 22.7 Å². The average Bonchev–Trinajstić information content (AvgIpc) is 2.49. The van der Waals surface area contributed by atoms with E-state index < -0.39 is 12.1 Å². The summed E-state index contributed by atoms with van der Waals surface area (Å²) >= 11 is 0. The molecule has 1 aromatic rings. The third-order valence-corrected chi connectivity index (χ3v) is 3.14. The monoisotopic (exact) mass is 301 g/mol. The number of aliphatic carboxylic acids is 1. The second kappa shape index (κ2) is 6.22. The fraction of sp³-hybridized carbons (Fsp3) is 0.250. The highest BCUT2D eigenvalue weighted by Crippen LogP contribution is 2.42. The maximum absolute atomic E-state index is 12.2. The van der Waals surface area contributed by atoms with Crippen molar-refractivity contribution < 1.29 is 24.2 Å². The molecule has 1 amide bonds. The second-order valence-corrected chi connectivity index (χ2v) is 4.63. The summed E-state index contributed by atoms with van der Waals surface area (Å²) in [6.45, 7) is 1.72. The predicted octanol–water partition coefficient (Wildman–Crippen LogP) is 1.54. The smallest absolute Gasteiger partial charge is 0.328 e. The zero-order valence-electron chi connectivity index (χ0n) is 12.2. The zero-order valence-corrected chi connectivity index (χ0v) is 12.2. The molecule has 0 aromatic heterocycles. The number of carboxylic acid groups (broad SMARTS) is 1. The Morgan fingerprint density at radius 1 is 1.59 bits per heavy atom. The minimum absolute atomic E-state index is 0.0920. The van der Waals surface area contributed by atoms with Gasteiger partial charge in [0.05, 0.1) is 19.3 Å². The number of nitrogens with zero attached hydrogens (tertiary/aromatic N) is 1. The van der Waals surface area contributed by atoms with Gasteiger partial charge in [-0.25, -0.2) is 4.79 Å². The van der Waals surface area contributed by atoms with Crippen LogP contribution in [0, 0.1) is 12.3 Å². The molecule has 0 spiro atoms. The molecule has 0 aliphatic carbocycles. The summed E-state index contributed by atoms with van der Waals surface area (Å²) in [5.74, 6) is 1.92. The van der Waals surface area contributed by atoms with Gasteiger partial charge in [0.2, 0.25) is 0 Å². The molecule has 1 atom stereocenters. The van der Waals surface area contributed by atoms with Gasteiger partial charge in [0.1, 0.15) is 0 Å². The minimum Gasteiger partial charge on any atom is -0.493 e. The minimum atomic E-state index is -1.07. The number of anilines is 1. The van der Waals surface area contributed by atoms with Crippen LogP contribution >= 0.6 is 0 Å². The van der Waals surface area contributed by atoms with Crippen molar-refractivity contribution in [3.05, 3.63) is 23.8 Å². The molecule has 22 heavy (non-hydrogen) atoms. The van der Waals surface area contributed by atoms with Crippen LogP contribution in [0.2, 0.25) is 0 Å². The first-order valence-electron chi connectivity index (χ1n) is 6.52. The van der Waals surface area contributed by atoms with Crippen molar-refractivity contribution in [2.45, 2.75) is 13.0 Å². The summed E-state index contributed by atoms with van der Waals surface area (Å²) in [4.78, 5) is 24.3. The number of amides is 1. The summed E-state index contributed by atoms with van der Waals surface area (Å²) in [5, 5.41) is 8.72. The standard InChI is InChI=1S/C16H15NO5/c1-4-7-17-12-8-11(5-6-14(18)19)9-13(21-3)15(12)22-10(2)16(17)20/h1,5-6,8-10H,7H2,2-3H3,(H,18,19)/b6-5+. The SMILES string of the molecule is C#CCN1C(=O)C(C)Oc2c(OC)cc(/C=C/C(=O)O)cc21. The number of fused-ring (bicyclic) bond motifs is 1. The van der Waals surface area contributed by atoms with E-state index in [4.69, 9.17) is 21.0 Å². The molecule has 0 fully saturated rings. The van der Waals surface area contributed by atoms with Crippen molar-refractivity contribution in [2.24, 2.45) is 0 Å². The predicted molar refractivity (Wildman–Crippen MR) is 80.9 cm³/mol. The van der Waals surface area contributed by atoms with Gasteiger partial charge in [0.15, 0.2) is 17.6 Å². The van der Waals surface area contributed by atoms with Gasteiger partial charge in [-0.2, -0.15) is 0 Å². The molecule has 1 aromatic carbocycles. The number of carboxylic acids is 1. The lowest BCUT2D eigenvalue weighted by atomic mass is 10.1. The van der Waals surface area contributed by atoms with E-state index in [9.17, 15) is 9.59 Å². The van der Waals surface area contributed by atoms with Gasteiger partial charge in [0.25, 0.3) is 5.91 Å². The number of hydrogen-bond donors (Lipinski definition) is 1. The number of terminal acetylenes is 1. The summed E-state index contributed by atoms with van der Waals surface area (Å²) < 4.78 is 10.9. The maximum Gasteiger partial charge on any atom is 0.328 e. The molecule has 1 heterocycles.